The number of amides is 1. The molecular weight excluding hydrogens is 416 g/mol. The maximum Gasteiger partial charge on any atom is 0.264 e. The highest BCUT2D eigenvalue weighted by molar-refractivity contribution is 7.12. The number of benzene rings is 2. The van der Waals surface area contributed by atoms with E-state index in [1.54, 1.807) is 0 Å². The molecule has 4 rings (SSSR count). The fraction of sp³-hybridized carbons (Fsp3) is 0.296. The van der Waals surface area contributed by atoms with Crippen LogP contribution in [0.1, 0.15) is 38.8 Å². The summed E-state index contributed by atoms with van der Waals surface area (Å²) in [5.41, 5.74) is 4.79. The second-order valence-corrected chi connectivity index (χ2v) is 9.05. The van der Waals surface area contributed by atoms with Crippen molar-refractivity contribution in [2.24, 2.45) is 0 Å². The Morgan fingerprint density at radius 3 is 2.59 bits per heavy atom. The molecule has 1 aromatic heterocycles. The normalized spacial score (nSPS) is 14.8. The smallest absolute Gasteiger partial charge is 0.264 e. The molecule has 1 aliphatic rings. The lowest BCUT2D eigenvalue weighted by molar-refractivity contribution is 0.0633. The Bertz CT molecular complexity index is 1080. The van der Waals surface area contributed by atoms with Gasteiger partial charge >= 0.3 is 0 Å². The molecule has 1 amide bonds. The van der Waals surface area contributed by atoms with Gasteiger partial charge in [0.1, 0.15) is 12.4 Å². The van der Waals surface area contributed by atoms with E-state index in [-0.39, 0.29) is 5.91 Å². The monoisotopic (exact) mass is 446 g/mol. The van der Waals surface area contributed by atoms with Gasteiger partial charge in [0.05, 0.1) is 4.88 Å². The van der Waals surface area contributed by atoms with Gasteiger partial charge in [0.15, 0.2) is 0 Å². The average Bonchev–Trinajstić information content (AvgIpc) is 3.29. The highest BCUT2D eigenvalue weighted by Crippen LogP contribution is 2.23. The highest BCUT2D eigenvalue weighted by atomic mass is 32.1. The fourth-order valence-corrected chi connectivity index (χ4v) is 4.81. The van der Waals surface area contributed by atoms with Gasteiger partial charge in [-0.15, -0.1) is 11.3 Å². The minimum atomic E-state index is 0.131. The average molecular weight is 447 g/mol. The van der Waals surface area contributed by atoms with Crippen LogP contribution < -0.4 is 4.74 Å². The molecule has 0 spiro atoms. The zero-order valence-corrected chi connectivity index (χ0v) is 19.6. The van der Waals surface area contributed by atoms with Crippen LogP contribution in [0.4, 0.5) is 0 Å². The molecule has 5 heteroatoms. The number of rotatable bonds is 7. The molecule has 0 atom stereocenters. The summed E-state index contributed by atoms with van der Waals surface area (Å²) in [6, 6.07) is 18.5. The molecule has 3 aromatic rings. The first-order chi connectivity index (χ1) is 15.6. The predicted molar refractivity (Wildman–Crippen MR) is 132 cm³/mol. The Labute approximate surface area is 194 Å². The minimum Gasteiger partial charge on any atom is -0.488 e. The van der Waals surface area contributed by atoms with Gasteiger partial charge in [0.25, 0.3) is 5.91 Å². The first kappa shape index (κ1) is 22.3. The molecule has 1 fully saturated rings. The van der Waals surface area contributed by atoms with Crippen molar-refractivity contribution >= 4 is 23.3 Å². The molecule has 2 heterocycles. The van der Waals surface area contributed by atoms with Crippen LogP contribution in [-0.2, 0) is 13.2 Å². The van der Waals surface area contributed by atoms with Crippen LogP contribution in [0.5, 0.6) is 5.75 Å². The first-order valence-corrected chi connectivity index (χ1v) is 12.0. The Hall–Kier alpha value is -2.89. The van der Waals surface area contributed by atoms with E-state index in [1.165, 1.54) is 22.5 Å². The van der Waals surface area contributed by atoms with Crippen molar-refractivity contribution in [3.63, 3.8) is 0 Å². The second-order valence-electron chi connectivity index (χ2n) is 8.14. The van der Waals surface area contributed by atoms with Gasteiger partial charge in [-0.2, -0.15) is 0 Å². The molecule has 0 aliphatic carbocycles. The number of aryl methyl sites for hydroxylation is 1. The Kier molecular flexibility index (Phi) is 7.40. The van der Waals surface area contributed by atoms with Gasteiger partial charge in [-0.3, -0.25) is 9.69 Å². The summed E-state index contributed by atoms with van der Waals surface area (Å²) in [4.78, 5) is 18.2. The predicted octanol–water partition coefficient (Wildman–Crippen LogP) is 5.63. The summed E-state index contributed by atoms with van der Waals surface area (Å²) in [6.45, 7) is 8.91. The summed E-state index contributed by atoms with van der Waals surface area (Å²) in [5.74, 6) is 0.987. The van der Waals surface area contributed by atoms with Crippen LogP contribution in [0.3, 0.4) is 0 Å². The van der Waals surface area contributed by atoms with Crippen LogP contribution in [-0.4, -0.2) is 41.9 Å². The lowest BCUT2D eigenvalue weighted by Crippen LogP contribution is -2.48. The third-order valence-corrected chi connectivity index (χ3v) is 6.81. The van der Waals surface area contributed by atoms with Gasteiger partial charge in [-0.25, -0.2) is 0 Å². The summed E-state index contributed by atoms with van der Waals surface area (Å²) in [6.07, 6.45) is 4.04. The van der Waals surface area contributed by atoms with E-state index < -0.39 is 0 Å². The van der Waals surface area contributed by atoms with E-state index in [9.17, 15) is 4.79 Å². The second kappa shape index (κ2) is 10.6. The fourth-order valence-electron chi connectivity index (χ4n) is 3.95. The topological polar surface area (TPSA) is 32.8 Å². The van der Waals surface area contributed by atoms with Crippen LogP contribution in [0.15, 0.2) is 66.1 Å². The van der Waals surface area contributed by atoms with Crippen molar-refractivity contribution in [2.45, 2.75) is 27.0 Å². The number of nitrogens with zero attached hydrogens (tertiary/aromatic N) is 2. The van der Waals surface area contributed by atoms with Crippen molar-refractivity contribution < 1.29 is 9.53 Å². The Morgan fingerprint density at radius 2 is 1.81 bits per heavy atom. The molecule has 4 nitrogen and oxygen atoms in total. The van der Waals surface area contributed by atoms with Crippen LogP contribution >= 0.6 is 11.3 Å². The summed E-state index contributed by atoms with van der Waals surface area (Å²) in [5, 5.41) is 2.03. The van der Waals surface area contributed by atoms with Crippen LogP contribution in [0, 0.1) is 6.92 Å². The number of para-hydroxylation sites is 1. The number of ether oxygens (including phenoxy) is 1. The number of piperazine rings is 1. The number of hydrogen-bond acceptors (Lipinski definition) is 4. The quantitative estimate of drug-likeness (QED) is 0.472. The van der Waals surface area contributed by atoms with Crippen molar-refractivity contribution in [3.05, 3.63) is 93.2 Å². The van der Waals surface area contributed by atoms with Crippen LogP contribution in [0.25, 0.3) is 6.08 Å². The largest absolute Gasteiger partial charge is 0.488 e. The number of allylic oxidation sites excluding steroid dienone is 1. The first-order valence-electron chi connectivity index (χ1n) is 11.1. The number of thiophene rings is 1. The number of hydrogen-bond donors (Lipinski definition) is 0. The van der Waals surface area contributed by atoms with Gasteiger partial charge in [-0.05, 0) is 42.5 Å². The number of carbonyl (C=O) groups excluding carboxylic acids is 1. The highest BCUT2D eigenvalue weighted by Gasteiger charge is 2.23. The molecule has 32 heavy (non-hydrogen) atoms. The summed E-state index contributed by atoms with van der Waals surface area (Å²) in [7, 11) is 0. The van der Waals surface area contributed by atoms with Crippen molar-refractivity contribution in [1.29, 1.82) is 0 Å². The van der Waals surface area contributed by atoms with E-state index in [0.717, 1.165) is 54.5 Å². The lowest BCUT2D eigenvalue weighted by Gasteiger charge is -2.34. The summed E-state index contributed by atoms with van der Waals surface area (Å²) < 4.78 is 6.02. The molecule has 1 aliphatic heterocycles. The zero-order chi connectivity index (χ0) is 22.3. The minimum absolute atomic E-state index is 0.131. The van der Waals surface area contributed by atoms with Gasteiger partial charge in [0, 0.05) is 43.9 Å². The van der Waals surface area contributed by atoms with Gasteiger partial charge in [0.2, 0.25) is 0 Å². The van der Waals surface area contributed by atoms with Gasteiger partial charge in [-0.1, -0.05) is 54.6 Å². The molecule has 166 valence electrons. The molecule has 0 N–H and O–H groups in total. The Morgan fingerprint density at radius 1 is 1.06 bits per heavy atom. The third-order valence-electron chi connectivity index (χ3n) is 5.84. The van der Waals surface area contributed by atoms with Crippen molar-refractivity contribution in [2.75, 3.05) is 26.2 Å². The van der Waals surface area contributed by atoms with Crippen molar-refractivity contribution in [3.8, 4) is 5.75 Å². The molecular formula is C27H30N2O2S. The zero-order valence-electron chi connectivity index (χ0n) is 18.8. The molecule has 1 saturated heterocycles. The Balaban J connectivity index is 1.30. The van der Waals surface area contributed by atoms with Crippen molar-refractivity contribution in [1.82, 2.24) is 9.80 Å². The van der Waals surface area contributed by atoms with E-state index >= 15 is 0 Å². The maximum atomic E-state index is 13.0. The summed E-state index contributed by atoms with van der Waals surface area (Å²) >= 11 is 1.51. The van der Waals surface area contributed by atoms with E-state index in [0.29, 0.717) is 6.61 Å². The molecule has 0 radical (unpaired) electrons. The maximum absolute atomic E-state index is 13.0. The standard InChI is InChI=1S/C27H30N2O2S/c1-3-8-23-10-6-7-12-25(23)31-19-22-17-26(32-20-22)27(30)29-15-13-28(14-16-29)18-24-11-5-4-9-21(24)2/h3-12,17,20H,13-16,18-19H2,1-2H3/b8-3+. The van der Waals surface area contributed by atoms with E-state index in [2.05, 4.69) is 36.1 Å². The molecule has 0 bridgehead atoms. The molecule has 0 unspecified atom stereocenters. The lowest BCUT2D eigenvalue weighted by atomic mass is 10.1. The van der Waals surface area contributed by atoms with Gasteiger partial charge < -0.3 is 9.64 Å². The van der Waals surface area contributed by atoms with E-state index in [4.69, 9.17) is 4.74 Å². The third kappa shape index (κ3) is 5.47. The molecule has 0 saturated carbocycles. The van der Waals surface area contributed by atoms with E-state index in [1.807, 2.05) is 59.7 Å². The number of carbonyl (C=O) groups is 1. The molecule has 2 aromatic carbocycles. The SMILES string of the molecule is C/C=C/c1ccccc1OCc1csc(C(=O)N2CCN(Cc3ccccc3C)CC2)c1. The van der Waals surface area contributed by atoms with Crippen LogP contribution in [0.2, 0.25) is 0 Å².